The molecule has 0 radical (unpaired) electrons. The summed E-state index contributed by atoms with van der Waals surface area (Å²) in [5.74, 6) is -4.23. The van der Waals surface area contributed by atoms with Gasteiger partial charge in [0.05, 0.1) is 12.6 Å². The van der Waals surface area contributed by atoms with Crippen LogP contribution < -0.4 is 16.2 Å². The number of piperidine rings is 1. The van der Waals surface area contributed by atoms with Crippen molar-refractivity contribution in [1.82, 2.24) is 14.7 Å². The number of hydrogen-bond acceptors (Lipinski definition) is 6. The summed E-state index contributed by atoms with van der Waals surface area (Å²) in [6.07, 6.45) is 1.89. The highest BCUT2D eigenvalue weighted by molar-refractivity contribution is 6.03. The van der Waals surface area contributed by atoms with Gasteiger partial charge in [-0.05, 0) is 55.3 Å². The quantitative estimate of drug-likeness (QED) is 0.413. The molecule has 12 heteroatoms. The van der Waals surface area contributed by atoms with Crippen molar-refractivity contribution in [3.05, 3.63) is 71.6 Å². The lowest BCUT2D eigenvalue weighted by Crippen LogP contribution is -2.41. The Morgan fingerprint density at radius 1 is 1.19 bits per heavy atom. The molecule has 1 saturated heterocycles. The first-order valence-electron chi connectivity index (χ1n) is 11.4. The van der Waals surface area contributed by atoms with E-state index in [0.717, 1.165) is 18.2 Å². The van der Waals surface area contributed by atoms with Crippen molar-refractivity contribution >= 4 is 17.6 Å². The SMILES string of the molecule is NC(=O)c1c(-c2ccc(Oc3ccc(F)cc3F)cc2)nn(C2CCCN(C(=O)C(F)=CCO)C2)c1N. The lowest BCUT2D eigenvalue weighted by Gasteiger charge is -2.32. The van der Waals surface area contributed by atoms with Crippen LogP contribution in [-0.4, -0.2) is 51.3 Å². The van der Waals surface area contributed by atoms with E-state index in [9.17, 15) is 22.8 Å². The molecule has 1 aliphatic heterocycles. The second-order valence-electron chi connectivity index (χ2n) is 8.40. The van der Waals surface area contributed by atoms with Crippen molar-refractivity contribution in [2.45, 2.75) is 18.9 Å². The summed E-state index contributed by atoms with van der Waals surface area (Å²) in [5, 5.41) is 13.4. The lowest BCUT2D eigenvalue weighted by molar-refractivity contribution is -0.130. The lowest BCUT2D eigenvalue weighted by atomic mass is 10.0. The molecule has 1 unspecified atom stereocenters. The molecule has 37 heavy (non-hydrogen) atoms. The number of nitrogens with zero attached hydrogens (tertiary/aromatic N) is 3. The maximum absolute atomic E-state index is 13.9. The highest BCUT2D eigenvalue weighted by atomic mass is 19.1. The van der Waals surface area contributed by atoms with Crippen LogP contribution in [0.1, 0.15) is 29.2 Å². The molecular weight excluding hydrogens is 491 g/mol. The zero-order valence-corrected chi connectivity index (χ0v) is 19.5. The number of nitrogens with two attached hydrogens (primary N) is 2. The average Bonchev–Trinajstić information content (AvgIpc) is 3.23. The van der Waals surface area contributed by atoms with E-state index < -0.39 is 41.9 Å². The third-order valence-corrected chi connectivity index (χ3v) is 5.95. The third kappa shape index (κ3) is 5.43. The molecule has 0 bridgehead atoms. The summed E-state index contributed by atoms with van der Waals surface area (Å²) in [7, 11) is 0. The predicted octanol–water partition coefficient (Wildman–Crippen LogP) is 3.31. The number of benzene rings is 2. The largest absolute Gasteiger partial charge is 0.454 e. The van der Waals surface area contributed by atoms with Gasteiger partial charge in [0.15, 0.2) is 17.4 Å². The molecule has 2 amide bonds. The minimum absolute atomic E-state index is 0.00174. The Morgan fingerprint density at radius 2 is 1.92 bits per heavy atom. The summed E-state index contributed by atoms with van der Waals surface area (Å²) in [5.41, 5.74) is 12.5. The van der Waals surface area contributed by atoms with Crippen LogP contribution >= 0.6 is 0 Å². The highest BCUT2D eigenvalue weighted by Crippen LogP contribution is 2.34. The van der Waals surface area contributed by atoms with Crippen molar-refractivity contribution in [1.29, 1.82) is 0 Å². The molecule has 194 valence electrons. The highest BCUT2D eigenvalue weighted by Gasteiger charge is 2.31. The van der Waals surface area contributed by atoms with Crippen LogP contribution in [0.4, 0.5) is 19.0 Å². The summed E-state index contributed by atoms with van der Waals surface area (Å²) in [6, 6.07) is 8.65. The van der Waals surface area contributed by atoms with Crippen LogP contribution in [0.3, 0.4) is 0 Å². The molecule has 1 fully saturated rings. The molecule has 3 aromatic rings. The summed E-state index contributed by atoms with van der Waals surface area (Å²) >= 11 is 0. The molecule has 1 atom stereocenters. The number of anilines is 1. The van der Waals surface area contributed by atoms with Gasteiger partial charge in [-0.3, -0.25) is 9.59 Å². The van der Waals surface area contributed by atoms with Crippen LogP contribution in [-0.2, 0) is 4.79 Å². The van der Waals surface area contributed by atoms with Gasteiger partial charge in [-0.2, -0.15) is 5.10 Å². The normalized spacial score (nSPS) is 16.1. The monoisotopic (exact) mass is 515 g/mol. The molecule has 1 aromatic heterocycles. The number of likely N-dealkylation sites (tertiary alicyclic amines) is 1. The number of nitrogen functional groups attached to an aromatic ring is 1. The smallest absolute Gasteiger partial charge is 0.282 e. The Morgan fingerprint density at radius 3 is 2.57 bits per heavy atom. The van der Waals surface area contributed by atoms with Gasteiger partial charge >= 0.3 is 0 Å². The molecule has 9 nitrogen and oxygen atoms in total. The van der Waals surface area contributed by atoms with Crippen LogP contribution in [0.2, 0.25) is 0 Å². The van der Waals surface area contributed by atoms with E-state index in [4.69, 9.17) is 21.3 Å². The number of ether oxygens (including phenoxy) is 1. The van der Waals surface area contributed by atoms with Gasteiger partial charge in [0.1, 0.15) is 28.6 Å². The zero-order chi connectivity index (χ0) is 26.7. The van der Waals surface area contributed by atoms with E-state index >= 15 is 0 Å². The van der Waals surface area contributed by atoms with Crippen LogP contribution in [0.5, 0.6) is 11.5 Å². The first-order valence-corrected chi connectivity index (χ1v) is 11.4. The molecule has 0 saturated carbocycles. The Hall–Kier alpha value is -4.32. The number of aliphatic hydroxyl groups is 1. The standard InChI is InChI=1S/C25H24F3N5O4/c26-15-5-8-20(19(28)12-15)37-17-6-3-14(4-7-17)22-21(24(30)35)23(29)33(31-22)16-2-1-10-32(13-16)25(36)18(27)9-11-34/h3-9,12,16,34H,1-2,10-11,13,29H2,(H2,30,35). The molecule has 0 spiro atoms. The number of amides is 2. The Bertz CT molecular complexity index is 1360. The first kappa shape index (κ1) is 25.8. The minimum atomic E-state index is -1.06. The fraction of sp³-hybridized carbons (Fsp3) is 0.240. The summed E-state index contributed by atoms with van der Waals surface area (Å²) < 4.78 is 47.8. The molecule has 0 aliphatic carbocycles. The zero-order valence-electron chi connectivity index (χ0n) is 19.5. The number of primary amides is 1. The molecule has 2 heterocycles. The van der Waals surface area contributed by atoms with Gasteiger partial charge in [0.25, 0.3) is 11.8 Å². The van der Waals surface area contributed by atoms with Gasteiger partial charge in [0, 0.05) is 24.7 Å². The van der Waals surface area contributed by atoms with Gasteiger partial charge in [-0.25, -0.2) is 17.9 Å². The van der Waals surface area contributed by atoms with Gasteiger partial charge in [-0.1, -0.05) is 0 Å². The number of halogens is 3. The van der Waals surface area contributed by atoms with E-state index in [-0.39, 0.29) is 35.1 Å². The maximum atomic E-state index is 13.9. The van der Waals surface area contributed by atoms with Crippen molar-refractivity contribution in [3.8, 4) is 22.8 Å². The number of rotatable bonds is 7. The second-order valence-corrected chi connectivity index (χ2v) is 8.40. The topological polar surface area (TPSA) is 137 Å². The molecule has 4 rings (SSSR count). The van der Waals surface area contributed by atoms with Crippen LogP contribution in [0.25, 0.3) is 11.3 Å². The van der Waals surface area contributed by atoms with Gasteiger partial charge in [0.2, 0.25) is 0 Å². The molecule has 5 N–H and O–H groups in total. The van der Waals surface area contributed by atoms with E-state index in [0.29, 0.717) is 31.0 Å². The number of hydrogen-bond donors (Lipinski definition) is 3. The van der Waals surface area contributed by atoms with E-state index in [1.165, 1.54) is 21.7 Å². The number of carbonyl (C=O) groups excluding carboxylic acids is 2. The van der Waals surface area contributed by atoms with Gasteiger partial charge < -0.3 is 26.2 Å². The minimum Gasteiger partial charge on any atom is -0.454 e. The number of aromatic nitrogens is 2. The van der Waals surface area contributed by atoms with Crippen LogP contribution in [0, 0.1) is 11.6 Å². The second kappa shape index (κ2) is 10.7. The van der Waals surface area contributed by atoms with Gasteiger partial charge in [-0.15, -0.1) is 0 Å². The Labute approximate surface area is 209 Å². The van der Waals surface area contributed by atoms with Crippen molar-refractivity contribution < 1.29 is 32.6 Å². The summed E-state index contributed by atoms with van der Waals surface area (Å²) in [4.78, 5) is 25.9. The number of aliphatic hydroxyl groups excluding tert-OH is 1. The molecule has 1 aliphatic rings. The number of carbonyl (C=O) groups is 2. The van der Waals surface area contributed by atoms with E-state index in [1.54, 1.807) is 12.1 Å². The first-order chi connectivity index (χ1) is 17.7. The van der Waals surface area contributed by atoms with Crippen molar-refractivity contribution in [2.24, 2.45) is 5.73 Å². The summed E-state index contributed by atoms with van der Waals surface area (Å²) in [6.45, 7) is -0.200. The Balaban J connectivity index is 1.60. The fourth-order valence-corrected chi connectivity index (χ4v) is 4.19. The molecule has 2 aromatic carbocycles. The van der Waals surface area contributed by atoms with E-state index in [1.807, 2.05) is 0 Å². The molecular formula is C25H24F3N5O4. The van der Waals surface area contributed by atoms with Crippen molar-refractivity contribution in [3.63, 3.8) is 0 Å². The van der Waals surface area contributed by atoms with Crippen LogP contribution in [0.15, 0.2) is 54.4 Å². The van der Waals surface area contributed by atoms with Crippen molar-refractivity contribution in [2.75, 3.05) is 25.4 Å². The fourth-order valence-electron chi connectivity index (χ4n) is 4.19. The Kier molecular flexibility index (Phi) is 7.48. The predicted molar refractivity (Wildman–Crippen MR) is 128 cm³/mol. The third-order valence-electron chi connectivity index (χ3n) is 5.95. The van der Waals surface area contributed by atoms with E-state index in [2.05, 4.69) is 5.10 Å². The maximum Gasteiger partial charge on any atom is 0.282 e. The average molecular weight is 515 g/mol.